The number of aliphatic hydroxyl groups excluding tert-OH is 4. The normalized spacial score (nSPS) is 27.2. The first-order valence-electron chi connectivity index (χ1n) is 11.7. The summed E-state index contributed by atoms with van der Waals surface area (Å²) in [6.45, 7) is 2.86. The van der Waals surface area contributed by atoms with Crippen molar-refractivity contribution in [2.45, 2.75) is 56.9 Å². The third-order valence-corrected chi connectivity index (χ3v) is 6.49. The molecular weight excluding hydrogens is 488 g/mol. The van der Waals surface area contributed by atoms with Crippen LogP contribution in [0.5, 0.6) is 28.7 Å². The zero-order valence-corrected chi connectivity index (χ0v) is 20.2. The van der Waals surface area contributed by atoms with Gasteiger partial charge in [0.25, 0.3) is 0 Å². The molecule has 2 aromatic rings. The lowest BCUT2D eigenvalue weighted by Gasteiger charge is -2.40. The number of fused-ring (bicyclic) bond motifs is 1. The van der Waals surface area contributed by atoms with Crippen molar-refractivity contribution in [3.63, 3.8) is 0 Å². The molecule has 2 aliphatic heterocycles. The highest BCUT2D eigenvalue weighted by molar-refractivity contribution is 6.07. The van der Waals surface area contributed by atoms with E-state index in [4.69, 9.17) is 14.2 Å². The number of aromatic hydroxyl groups is 3. The Morgan fingerprint density at radius 2 is 1.81 bits per heavy atom. The summed E-state index contributed by atoms with van der Waals surface area (Å²) in [5.41, 5.74) is 1.18. The molecule has 6 atom stereocenters. The van der Waals surface area contributed by atoms with Gasteiger partial charge in [0.2, 0.25) is 6.29 Å². The molecule has 200 valence electrons. The van der Waals surface area contributed by atoms with Gasteiger partial charge < -0.3 is 50.0 Å². The minimum atomic E-state index is -1.68. The van der Waals surface area contributed by atoms with Gasteiger partial charge in [-0.15, -0.1) is 0 Å². The number of hydrogen-bond acceptors (Lipinski definition) is 11. The first-order valence-corrected chi connectivity index (χ1v) is 11.7. The Morgan fingerprint density at radius 3 is 2.46 bits per heavy atom. The highest BCUT2D eigenvalue weighted by atomic mass is 16.7. The van der Waals surface area contributed by atoms with Crippen molar-refractivity contribution >= 4 is 5.78 Å². The first kappa shape index (κ1) is 26.7. The van der Waals surface area contributed by atoms with Gasteiger partial charge in [-0.3, -0.25) is 4.79 Å². The Balaban J connectivity index is 1.74. The minimum Gasteiger partial charge on any atom is -0.508 e. The molecule has 11 nitrogen and oxygen atoms in total. The van der Waals surface area contributed by atoms with E-state index >= 15 is 0 Å². The number of benzene rings is 2. The van der Waals surface area contributed by atoms with E-state index in [0.29, 0.717) is 0 Å². The number of aliphatic hydroxyl groups is 4. The molecule has 6 unspecified atom stereocenters. The maximum atomic E-state index is 13.5. The van der Waals surface area contributed by atoms with Gasteiger partial charge in [-0.2, -0.15) is 0 Å². The molecule has 37 heavy (non-hydrogen) atoms. The molecule has 7 N–H and O–H groups in total. The molecule has 0 aliphatic carbocycles. The number of phenolic OH excluding ortho intramolecular Hbond substituents is 3. The van der Waals surface area contributed by atoms with Gasteiger partial charge in [0.05, 0.1) is 12.5 Å². The second-order valence-corrected chi connectivity index (χ2v) is 9.35. The van der Waals surface area contributed by atoms with E-state index in [1.165, 1.54) is 18.2 Å². The number of carbonyl (C=O) groups excluding carboxylic acids is 1. The van der Waals surface area contributed by atoms with Crippen LogP contribution in [0.1, 0.15) is 41.3 Å². The van der Waals surface area contributed by atoms with E-state index in [1.54, 1.807) is 6.08 Å². The van der Waals surface area contributed by atoms with Crippen molar-refractivity contribution in [1.29, 1.82) is 0 Å². The molecule has 11 heteroatoms. The molecule has 2 heterocycles. The second kappa shape index (κ2) is 10.6. The lowest BCUT2D eigenvalue weighted by Crippen LogP contribution is -2.60. The van der Waals surface area contributed by atoms with E-state index in [2.05, 4.69) is 0 Å². The number of rotatable bonds is 6. The molecule has 0 aromatic heterocycles. The highest BCUT2D eigenvalue weighted by Crippen LogP contribution is 2.46. The van der Waals surface area contributed by atoms with Gasteiger partial charge in [0.1, 0.15) is 65.3 Å². The van der Waals surface area contributed by atoms with Crippen molar-refractivity contribution < 1.29 is 54.8 Å². The van der Waals surface area contributed by atoms with Gasteiger partial charge in [-0.25, -0.2) is 0 Å². The Bertz CT molecular complexity index is 1200. The van der Waals surface area contributed by atoms with Crippen molar-refractivity contribution in [2.24, 2.45) is 0 Å². The van der Waals surface area contributed by atoms with E-state index < -0.39 is 54.8 Å². The lowest BCUT2D eigenvalue weighted by molar-refractivity contribution is -0.277. The Morgan fingerprint density at radius 1 is 1.08 bits per heavy atom. The zero-order chi connectivity index (χ0) is 27.0. The third-order valence-electron chi connectivity index (χ3n) is 6.49. The summed E-state index contributed by atoms with van der Waals surface area (Å²) in [5, 5.41) is 71.1. The minimum absolute atomic E-state index is 0.00226. The van der Waals surface area contributed by atoms with Gasteiger partial charge >= 0.3 is 0 Å². The fourth-order valence-electron chi connectivity index (χ4n) is 4.39. The third kappa shape index (κ3) is 5.09. The molecule has 2 aromatic carbocycles. The van der Waals surface area contributed by atoms with Gasteiger partial charge in [-0.1, -0.05) is 17.7 Å². The average molecular weight is 519 g/mol. The number of Topliss-reactive ketones (excluding diaryl/α,β-unsaturated/α-hetero) is 1. The van der Waals surface area contributed by atoms with Crippen molar-refractivity contribution in [2.75, 3.05) is 13.2 Å². The van der Waals surface area contributed by atoms with Crippen LogP contribution >= 0.6 is 0 Å². The molecule has 1 fully saturated rings. The second-order valence-electron chi connectivity index (χ2n) is 9.35. The molecule has 0 amide bonds. The zero-order valence-electron chi connectivity index (χ0n) is 20.2. The van der Waals surface area contributed by atoms with Gasteiger partial charge in [0.15, 0.2) is 5.78 Å². The molecule has 1 saturated heterocycles. The molecule has 4 rings (SSSR count). The summed E-state index contributed by atoms with van der Waals surface area (Å²) < 4.78 is 17.0. The van der Waals surface area contributed by atoms with Crippen molar-refractivity contribution in [3.05, 3.63) is 52.6 Å². The number of ketones is 1. The summed E-state index contributed by atoms with van der Waals surface area (Å²) in [7, 11) is 0. The molecule has 0 bridgehead atoms. The van der Waals surface area contributed by atoms with Crippen LogP contribution in [0.3, 0.4) is 0 Å². The molecule has 0 radical (unpaired) electrons. The van der Waals surface area contributed by atoms with Crippen LogP contribution in [0, 0.1) is 0 Å². The van der Waals surface area contributed by atoms with E-state index in [-0.39, 0.29) is 52.7 Å². The molecule has 0 saturated carbocycles. The van der Waals surface area contributed by atoms with Gasteiger partial charge in [0, 0.05) is 23.3 Å². The summed E-state index contributed by atoms with van der Waals surface area (Å²) in [4.78, 5) is 13.5. The molecule has 2 aliphatic rings. The van der Waals surface area contributed by atoms with Gasteiger partial charge in [-0.05, 0) is 26.3 Å². The van der Waals surface area contributed by atoms with E-state index in [0.717, 1.165) is 11.6 Å². The topological polar surface area (TPSA) is 186 Å². The van der Waals surface area contributed by atoms with Crippen LogP contribution in [0.4, 0.5) is 0 Å². The standard InChI is InChI=1S/C26H30O11/c1-11(2)3-5-14-17(36-26-25(34)24(33)23(32)19(9-27)37-26)8-18-20(21(14)30)22(31)15(10-35-18)13-6-4-12(28)7-16(13)29/h3-4,6-8,15,19,23-30,32-34H,5,9-10H2,1-2H3. The van der Waals surface area contributed by atoms with E-state index in [1.807, 2.05) is 13.8 Å². The van der Waals surface area contributed by atoms with Crippen molar-refractivity contribution in [1.82, 2.24) is 0 Å². The molecular formula is C26H30O11. The predicted octanol–water partition coefficient (Wildman–Crippen LogP) is 0.850. The number of carbonyl (C=O) groups is 1. The van der Waals surface area contributed by atoms with Crippen LogP contribution in [0.25, 0.3) is 0 Å². The molecule has 0 spiro atoms. The Hall–Kier alpha value is -3.35. The average Bonchev–Trinajstić information content (AvgIpc) is 2.84. The number of hydrogen-bond donors (Lipinski definition) is 7. The summed E-state index contributed by atoms with van der Waals surface area (Å²) in [5.74, 6) is -2.37. The Labute approximate surface area is 212 Å². The summed E-state index contributed by atoms with van der Waals surface area (Å²) in [6, 6.07) is 5.19. The largest absolute Gasteiger partial charge is 0.508 e. The smallest absolute Gasteiger partial charge is 0.229 e. The summed E-state index contributed by atoms with van der Waals surface area (Å²) >= 11 is 0. The van der Waals surface area contributed by atoms with Crippen LogP contribution in [0.15, 0.2) is 35.9 Å². The van der Waals surface area contributed by atoms with Crippen LogP contribution in [-0.2, 0) is 11.2 Å². The van der Waals surface area contributed by atoms with Crippen LogP contribution in [-0.4, -0.2) is 85.4 Å². The quantitative estimate of drug-likeness (QED) is 0.269. The maximum Gasteiger partial charge on any atom is 0.229 e. The maximum absolute atomic E-state index is 13.5. The first-order chi connectivity index (χ1) is 17.5. The van der Waals surface area contributed by atoms with Crippen molar-refractivity contribution in [3.8, 4) is 28.7 Å². The predicted molar refractivity (Wildman–Crippen MR) is 128 cm³/mol. The SMILES string of the molecule is CC(C)=CCc1c(OC2OC(CO)C(O)C(O)C2O)cc2c(c1O)C(=O)C(c1ccc(O)cc1O)CO2. The monoisotopic (exact) mass is 518 g/mol. The fraction of sp³-hybridized carbons (Fsp3) is 0.423. The number of allylic oxidation sites excluding steroid dienone is 2. The van der Waals surface area contributed by atoms with E-state index in [9.17, 15) is 40.5 Å². The van der Waals surface area contributed by atoms with Crippen LogP contribution < -0.4 is 9.47 Å². The number of phenols is 3. The summed E-state index contributed by atoms with van der Waals surface area (Å²) in [6.07, 6.45) is -5.74. The number of ether oxygens (including phenoxy) is 3. The van der Waals surface area contributed by atoms with Crippen LogP contribution in [0.2, 0.25) is 0 Å². The Kier molecular flexibility index (Phi) is 7.62. The highest BCUT2D eigenvalue weighted by Gasteiger charge is 2.45. The fourth-order valence-corrected chi connectivity index (χ4v) is 4.39. The lowest BCUT2D eigenvalue weighted by atomic mass is 9.86.